The molecule has 25 heavy (non-hydrogen) atoms. The normalized spacial score (nSPS) is 15.2. The maximum absolute atomic E-state index is 13.1. The van der Waals surface area contributed by atoms with E-state index in [4.69, 9.17) is 0 Å². The summed E-state index contributed by atoms with van der Waals surface area (Å²) in [6.45, 7) is 0.357. The quantitative estimate of drug-likeness (QED) is 0.829. The Kier molecular flexibility index (Phi) is 4.02. The van der Waals surface area contributed by atoms with Gasteiger partial charge in [0.25, 0.3) is 0 Å². The van der Waals surface area contributed by atoms with Crippen LogP contribution in [-0.4, -0.2) is 42.8 Å². The topological polar surface area (TPSA) is 58.4 Å². The molecule has 134 valence electrons. The average Bonchev–Trinajstić information content (AvgIpc) is 3.12. The van der Waals surface area contributed by atoms with Crippen molar-refractivity contribution in [1.29, 1.82) is 0 Å². The molecule has 0 fully saturated rings. The Bertz CT molecular complexity index is 917. The first kappa shape index (κ1) is 17.3. The Morgan fingerprint density at radius 1 is 1.12 bits per heavy atom. The van der Waals surface area contributed by atoms with Crippen LogP contribution in [0.2, 0.25) is 0 Å². The highest BCUT2D eigenvalue weighted by atomic mass is 32.2. The number of alkyl halides is 3. The van der Waals surface area contributed by atoms with Crippen molar-refractivity contribution in [2.75, 3.05) is 24.9 Å². The summed E-state index contributed by atoms with van der Waals surface area (Å²) in [5.74, 6) is 0.0973. The van der Waals surface area contributed by atoms with Crippen molar-refractivity contribution in [1.82, 2.24) is 14.5 Å². The number of benzene rings is 1. The molecular weight excluding hydrogens is 357 g/mol. The number of aromatic nitrogens is 2. The first-order valence-corrected chi connectivity index (χ1v) is 9.07. The molecule has 3 rings (SSSR count). The van der Waals surface area contributed by atoms with Crippen molar-refractivity contribution in [3.63, 3.8) is 0 Å². The Morgan fingerprint density at radius 3 is 2.24 bits per heavy atom. The summed E-state index contributed by atoms with van der Waals surface area (Å²) in [7, 11) is -1.60. The van der Waals surface area contributed by atoms with Crippen molar-refractivity contribution in [2.24, 2.45) is 0 Å². The van der Waals surface area contributed by atoms with Gasteiger partial charge in [-0.3, -0.25) is 9.47 Å². The van der Waals surface area contributed by atoms with Gasteiger partial charge in [-0.05, 0) is 24.3 Å². The summed E-state index contributed by atoms with van der Waals surface area (Å²) in [6, 6.07) is 5.61. The molecule has 0 atom stereocenters. The molecule has 2 aromatic rings. The number of imidazole rings is 1. The molecule has 1 aromatic carbocycles. The molecule has 0 unspecified atom stereocenters. The van der Waals surface area contributed by atoms with Crippen LogP contribution in [-0.2, 0) is 16.0 Å². The van der Waals surface area contributed by atoms with Crippen LogP contribution in [0, 0.1) is 0 Å². The molecule has 0 saturated heterocycles. The van der Waals surface area contributed by atoms with E-state index in [9.17, 15) is 21.6 Å². The molecule has 2 heterocycles. The third-order valence-corrected chi connectivity index (χ3v) is 4.78. The summed E-state index contributed by atoms with van der Waals surface area (Å²) >= 11 is 0. The number of anilines is 1. The highest BCUT2D eigenvalue weighted by Gasteiger charge is 2.36. The number of hydrogen-bond acceptors (Lipinski definition) is 5. The standard InChI is InChI=1S/C15H15F3N4O2S/c1-20-7-8-21(10-20)14-19-13(15(16,17)18)9-22(14)11-3-5-12(6-4-11)25(2,23)24/h3-9H,10H2,1-2H3. The molecule has 1 aliphatic heterocycles. The van der Waals surface area contributed by atoms with E-state index in [0.29, 0.717) is 12.4 Å². The molecule has 6 nitrogen and oxygen atoms in total. The van der Waals surface area contributed by atoms with Gasteiger partial charge in [0.2, 0.25) is 5.95 Å². The zero-order valence-corrected chi connectivity index (χ0v) is 14.2. The summed E-state index contributed by atoms with van der Waals surface area (Å²) in [4.78, 5) is 7.17. The smallest absolute Gasteiger partial charge is 0.361 e. The summed E-state index contributed by atoms with van der Waals surface area (Å²) < 4.78 is 63.6. The molecule has 0 spiro atoms. The van der Waals surface area contributed by atoms with Gasteiger partial charge in [-0.1, -0.05) is 0 Å². The third kappa shape index (κ3) is 3.48. The lowest BCUT2D eigenvalue weighted by molar-refractivity contribution is -0.140. The number of nitrogens with zero attached hydrogens (tertiary/aromatic N) is 4. The van der Waals surface area contributed by atoms with Crippen LogP contribution in [0.15, 0.2) is 47.8 Å². The monoisotopic (exact) mass is 372 g/mol. The predicted octanol–water partition coefficient (Wildman–Crippen LogP) is 2.48. The van der Waals surface area contributed by atoms with Gasteiger partial charge in [0, 0.05) is 37.6 Å². The van der Waals surface area contributed by atoms with E-state index in [-0.39, 0.29) is 10.8 Å². The fraction of sp³-hybridized carbons (Fsp3) is 0.267. The van der Waals surface area contributed by atoms with E-state index in [1.54, 1.807) is 29.2 Å². The minimum atomic E-state index is -4.58. The van der Waals surface area contributed by atoms with Crippen LogP contribution in [0.25, 0.3) is 5.69 Å². The van der Waals surface area contributed by atoms with Crippen molar-refractivity contribution < 1.29 is 21.6 Å². The molecule has 0 radical (unpaired) electrons. The summed E-state index contributed by atoms with van der Waals surface area (Å²) in [6.07, 6.45) is 0.735. The molecule has 10 heteroatoms. The molecule has 0 N–H and O–H groups in total. The largest absolute Gasteiger partial charge is 0.434 e. The van der Waals surface area contributed by atoms with Crippen LogP contribution in [0.5, 0.6) is 0 Å². The Balaban J connectivity index is 2.08. The second-order valence-corrected chi connectivity index (χ2v) is 7.74. The van der Waals surface area contributed by atoms with E-state index >= 15 is 0 Å². The van der Waals surface area contributed by atoms with Crippen LogP contribution in [0.4, 0.5) is 19.1 Å². The van der Waals surface area contributed by atoms with Gasteiger partial charge in [-0.15, -0.1) is 0 Å². The second-order valence-electron chi connectivity index (χ2n) is 5.73. The Labute approximate surface area is 142 Å². The zero-order chi connectivity index (χ0) is 18.4. The van der Waals surface area contributed by atoms with E-state index < -0.39 is 21.7 Å². The van der Waals surface area contributed by atoms with Crippen molar-refractivity contribution in [3.05, 3.63) is 48.6 Å². The number of hydrogen-bond donors (Lipinski definition) is 0. The van der Waals surface area contributed by atoms with Gasteiger partial charge in [0.15, 0.2) is 15.5 Å². The number of rotatable bonds is 3. The van der Waals surface area contributed by atoms with Crippen LogP contribution in [0.1, 0.15) is 5.69 Å². The molecule has 0 bridgehead atoms. The minimum absolute atomic E-state index is 0.0924. The zero-order valence-electron chi connectivity index (χ0n) is 13.4. The Hall–Kier alpha value is -2.49. The molecule has 0 amide bonds. The van der Waals surface area contributed by atoms with Gasteiger partial charge in [-0.25, -0.2) is 13.4 Å². The van der Waals surface area contributed by atoms with E-state index in [1.165, 1.54) is 28.8 Å². The molecule has 0 aliphatic carbocycles. The van der Waals surface area contributed by atoms with Gasteiger partial charge in [-0.2, -0.15) is 13.2 Å². The number of sulfone groups is 1. The SMILES string of the molecule is CN1C=CN(c2nc(C(F)(F)F)cn2-c2ccc(S(C)(=O)=O)cc2)C1. The van der Waals surface area contributed by atoms with Gasteiger partial charge >= 0.3 is 6.18 Å². The first-order chi connectivity index (χ1) is 11.6. The highest BCUT2D eigenvalue weighted by molar-refractivity contribution is 7.90. The lowest BCUT2D eigenvalue weighted by Crippen LogP contribution is -2.24. The summed E-state index contributed by atoms with van der Waals surface area (Å²) in [5, 5.41) is 0. The minimum Gasteiger partial charge on any atom is -0.361 e. The lowest BCUT2D eigenvalue weighted by Gasteiger charge is -2.18. The molecule has 1 aliphatic rings. The molecular formula is C15H15F3N4O2S. The van der Waals surface area contributed by atoms with Crippen LogP contribution in [0.3, 0.4) is 0 Å². The van der Waals surface area contributed by atoms with Gasteiger partial charge < -0.3 is 4.90 Å². The van der Waals surface area contributed by atoms with E-state index in [0.717, 1.165) is 12.5 Å². The van der Waals surface area contributed by atoms with Crippen molar-refractivity contribution in [2.45, 2.75) is 11.1 Å². The van der Waals surface area contributed by atoms with Crippen LogP contribution >= 0.6 is 0 Å². The van der Waals surface area contributed by atoms with Crippen LogP contribution < -0.4 is 4.90 Å². The van der Waals surface area contributed by atoms with E-state index in [2.05, 4.69) is 4.98 Å². The second kappa shape index (κ2) is 5.80. The maximum Gasteiger partial charge on any atom is 0.434 e. The lowest BCUT2D eigenvalue weighted by atomic mass is 10.3. The highest BCUT2D eigenvalue weighted by Crippen LogP contribution is 2.33. The first-order valence-electron chi connectivity index (χ1n) is 7.18. The number of halogens is 3. The molecule has 0 saturated carbocycles. The van der Waals surface area contributed by atoms with Crippen molar-refractivity contribution >= 4 is 15.8 Å². The van der Waals surface area contributed by atoms with Gasteiger partial charge in [0.1, 0.15) is 0 Å². The third-order valence-electron chi connectivity index (χ3n) is 3.65. The fourth-order valence-electron chi connectivity index (χ4n) is 2.41. The van der Waals surface area contributed by atoms with Crippen molar-refractivity contribution in [3.8, 4) is 5.69 Å². The fourth-order valence-corrected chi connectivity index (χ4v) is 3.04. The maximum atomic E-state index is 13.1. The average molecular weight is 372 g/mol. The van der Waals surface area contributed by atoms with E-state index in [1.807, 2.05) is 0 Å². The van der Waals surface area contributed by atoms with Gasteiger partial charge in [0.05, 0.1) is 11.6 Å². The summed E-state index contributed by atoms with van der Waals surface area (Å²) in [5.41, 5.74) is -0.633. The predicted molar refractivity (Wildman–Crippen MR) is 85.9 cm³/mol. The molecule has 1 aromatic heterocycles. The Morgan fingerprint density at radius 2 is 1.76 bits per heavy atom.